The van der Waals surface area contributed by atoms with Crippen LogP contribution in [0.3, 0.4) is 0 Å². The van der Waals surface area contributed by atoms with Gasteiger partial charge in [0.1, 0.15) is 35.8 Å². The van der Waals surface area contributed by atoms with Gasteiger partial charge in [-0.05, 0) is 49.2 Å². The molecule has 0 bridgehead atoms. The highest BCUT2D eigenvalue weighted by Crippen LogP contribution is 2.34. The molecule has 0 spiro atoms. The van der Waals surface area contributed by atoms with E-state index in [9.17, 15) is 4.79 Å². The number of aromatic nitrogens is 5. The van der Waals surface area contributed by atoms with Gasteiger partial charge in [0, 0.05) is 41.5 Å². The number of nitrogens with one attached hydrogen (secondary N) is 1. The van der Waals surface area contributed by atoms with Crippen LogP contribution in [0.1, 0.15) is 12.0 Å². The molecule has 10 heteroatoms. The highest BCUT2D eigenvalue weighted by Gasteiger charge is 2.26. The molecule has 6 rings (SSSR count). The predicted molar refractivity (Wildman–Crippen MR) is 133 cm³/mol. The van der Waals surface area contributed by atoms with Gasteiger partial charge in [-0.25, -0.2) is 23.9 Å². The Morgan fingerprint density at radius 3 is 2.81 bits per heavy atom. The van der Waals surface area contributed by atoms with Crippen molar-refractivity contribution in [1.29, 1.82) is 0 Å². The first-order valence-corrected chi connectivity index (χ1v) is 11.2. The number of carbonyl (C=O) groups excluding carboxylic acids is 1. The first kappa shape index (κ1) is 21.7. The van der Waals surface area contributed by atoms with Crippen molar-refractivity contribution >= 4 is 39.6 Å². The summed E-state index contributed by atoms with van der Waals surface area (Å²) < 4.78 is 22.7. The van der Waals surface area contributed by atoms with Gasteiger partial charge >= 0.3 is 0 Å². The number of pyridine rings is 1. The van der Waals surface area contributed by atoms with E-state index < -0.39 is 5.82 Å². The van der Waals surface area contributed by atoms with Gasteiger partial charge in [0.05, 0.1) is 11.2 Å². The van der Waals surface area contributed by atoms with Crippen LogP contribution in [0.5, 0.6) is 11.5 Å². The van der Waals surface area contributed by atoms with Crippen LogP contribution in [0.2, 0.25) is 0 Å². The van der Waals surface area contributed by atoms with Crippen molar-refractivity contribution in [3.8, 4) is 11.5 Å². The van der Waals surface area contributed by atoms with E-state index in [1.807, 2.05) is 25.1 Å². The topological polar surface area (TPSA) is 97.5 Å². The Labute approximate surface area is 204 Å². The first-order valence-electron chi connectivity index (χ1n) is 11.2. The van der Waals surface area contributed by atoms with Crippen LogP contribution in [-0.2, 0) is 4.79 Å². The van der Waals surface area contributed by atoms with Gasteiger partial charge in [-0.2, -0.15) is 5.10 Å². The van der Waals surface area contributed by atoms with Crippen LogP contribution in [0.25, 0.3) is 16.6 Å². The van der Waals surface area contributed by atoms with Crippen LogP contribution >= 0.6 is 0 Å². The molecule has 0 atom stereocenters. The van der Waals surface area contributed by atoms with Gasteiger partial charge in [0.25, 0.3) is 5.91 Å². The number of aryl methyl sites for hydroxylation is 1. The molecule has 4 heterocycles. The highest BCUT2D eigenvalue weighted by molar-refractivity contribution is 6.08. The second kappa shape index (κ2) is 8.42. The Morgan fingerprint density at radius 1 is 1.08 bits per heavy atom. The summed E-state index contributed by atoms with van der Waals surface area (Å²) in [4.78, 5) is 26.9. The lowest BCUT2D eigenvalue weighted by atomic mass is 10.1. The fourth-order valence-corrected chi connectivity index (χ4v) is 4.19. The Balaban J connectivity index is 1.31. The second-order valence-electron chi connectivity index (χ2n) is 8.48. The summed E-state index contributed by atoms with van der Waals surface area (Å²) >= 11 is 0. The van der Waals surface area contributed by atoms with Crippen LogP contribution in [-0.4, -0.2) is 37.0 Å². The molecule has 1 fully saturated rings. The van der Waals surface area contributed by atoms with Gasteiger partial charge in [-0.1, -0.05) is 6.58 Å². The van der Waals surface area contributed by atoms with Gasteiger partial charge in [-0.15, -0.1) is 0 Å². The van der Waals surface area contributed by atoms with E-state index in [1.54, 1.807) is 33.8 Å². The van der Waals surface area contributed by atoms with E-state index in [0.717, 1.165) is 5.56 Å². The van der Waals surface area contributed by atoms with Crippen LogP contribution in [0.4, 0.5) is 21.6 Å². The average Bonchev–Trinajstić information content (AvgIpc) is 3.48. The zero-order valence-corrected chi connectivity index (χ0v) is 19.3. The molecule has 1 saturated heterocycles. The van der Waals surface area contributed by atoms with Crippen LogP contribution in [0, 0.1) is 12.7 Å². The van der Waals surface area contributed by atoms with Crippen molar-refractivity contribution in [2.75, 3.05) is 16.8 Å². The van der Waals surface area contributed by atoms with E-state index in [0.29, 0.717) is 58.1 Å². The molecular weight excluding hydrogens is 461 g/mol. The maximum Gasteiger partial charge on any atom is 0.253 e. The number of fused-ring (bicyclic) bond motifs is 2. The summed E-state index contributed by atoms with van der Waals surface area (Å²) in [6, 6.07) is 11.9. The van der Waals surface area contributed by atoms with E-state index in [1.165, 1.54) is 18.7 Å². The maximum absolute atomic E-state index is 15.2. The molecule has 1 N–H and O–H groups in total. The van der Waals surface area contributed by atoms with Crippen molar-refractivity contribution < 1.29 is 13.9 Å². The normalized spacial score (nSPS) is 13.7. The van der Waals surface area contributed by atoms with E-state index in [4.69, 9.17) is 4.74 Å². The molecule has 178 valence electrons. The lowest BCUT2D eigenvalue weighted by molar-refractivity contribution is -0.114. The summed E-state index contributed by atoms with van der Waals surface area (Å²) in [6.07, 6.45) is 5.21. The fourth-order valence-electron chi connectivity index (χ4n) is 4.19. The Kier molecular flexibility index (Phi) is 5.06. The summed E-state index contributed by atoms with van der Waals surface area (Å²) in [7, 11) is 0. The molecule has 5 aromatic rings. The van der Waals surface area contributed by atoms with Gasteiger partial charge in [-0.3, -0.25) is 4.79 Å². The summed E-state index contributed by atoms with van der Waals surface area (Å²) in [5.41, 5.74) is 3.55. The number of amides is 1. The minimum absolute atomic E-state index is 0.0962. The van der Waals surface area contributed by atoms with Crippen LogP contribution in [0.15, 0.2) is 73.5 Å². The lowest BCUT2D eigenvalue weighted by Gasteiger charge is -2.17. The molecule has 1 aliphatic heterocycles. The van der Waals surface area contributed by atoms with E-state index in [-0.39, 0.29) is 11.6 Å². The van der Waals surface area contributed by atoms with Crippen molar-refractivity contribution in [2.24, 2.45) is 0 Å². The van der Waals surface area contributed by atoms with Gasteiger partial charge in [0.15, 0.2) is 5.65 Å². The zero-order chi connectivity index (χ0) is 24.8. The lowest BCUT2D eigenvalue weighted by Crippen LogP contribution is -2.24. The third-order valence-electron chi connectivity index (χ3n) is 6.11. The molecule has 0 saturated carbocycles. The molecule has 1 amide bonds. The smallest absolute Gasteiger partial charge is 0.253 e. The fraction of sp³-hybridized carbons (Fsp3) is 0.115. The SMILES string of the molecule is C=C1CCN(c2ccc3ncnc(Nc4cc(C)c(Oc5ccn6ncnc6c5)cc4F)c3c2)C1=O. The van der Waals surface area contributed by atoms with E-state index >= 15 is 4.39 Å². The number of nitrogens with zero attached hydrogens (tertiary/aromatic N) is 6. The van der Waals surface area contributed by atoms with Crippen molar-refractivity contribution in [3.05, 3.63) is 84.8 Å². The number of hydrogen-bond acceptors (Lipinski definition) is 7. The standard InChI is InChI=1S/C26H20FN7O2/c1-15-5-7-33(26(15)35)17-3-4-21-19(10-17)25(30-13-28-21)32-22-9-16(2)23(12-20(22)27)36-18-6-8-34-24(11-18)29-14-31-34/h3-4,6,8-14H,1,5,7H2,2H3,(H,28,30,32). The Hall–Kier alpha value is -4.86. The summed E-state index contributed by atoms with van der Waals surface area (Å²) in [6.45, 7) is 6.22. The molecule has 3 aromatic heterocycles. The molecule has 1 aliphatic rings. The number of carbonyl (C=O) groups is 1. The largest absolute Gasteiger partial charge is 0.457 e. The minimum atomic E-state index is -0.506. The quantitative estimate of drug-likeness (QED) is 0.355. The third kappa shape index (κ3) is 3.78. The Bertz CT molecular complexity index is 1680. The second-order valence-corrected chi connectivity index (χ2v) is 8.48. The first-order chi connectivity index (χ1) is 17.5. The number of ether oxygens (including phenoxy) is 1. The molecule has 0 unspecified atom stereocenters. The number of halogens is 1. The molecule has 2 aromatic carbocycles. The van der Waals surface area contributed by atoms with Gasteiger partial charge in [0.2, 0.25) is 0 Å². The molecule has 36 heavy (non-hydrogen) atoms. The molecule has 0 aliphatic carbocycles. The van der Waals surface area contributed by atoms with Gasteiger partial charge < -0.3 is 15.0 Å². The van der Waals surface area contributed by atoms with Crippen molar-refractivity contribution in [1.82, 2.24) is 24.6 Å². The maximum atomic E-state index is 15.2. The number of benzene rings is 2. The number of hydrogen-bond donors (Lipinski definition) is 1. The van der Waals surface area contributed by atoms with E-state index in [2.05, 4.69) is 31.9 Å². The molecule has 9 nitrogen and oxygen atoms in total. The van der Waals surface area contributed by atoms with Crippen LogP contribution < -0.4 is 15.0 Å². The van der Waals surface area contributed by atoms with Crippen molar-refractivity contribution in [3.63, 3.8) is 0 Å². The Morgan fingerprint density at radius 2 is 1.97 bits per heavy atom. The predicted octanol–water partition coefficient (Wildman–Crippen LogP) is 4.95. The minimum Gasteiger partial charge on any atom is -0.457 e. The average molecular weight is 481 g/mol. The summed E-state index contributed by atoms with van der Waals surface area (Å²) in [5.74, 6) is 0.725. The zero-order valence-electron chi connectivity index (χ0n) is 19.3. The third-order valence-corrected chi connectivity index (χ3v) is 6.11. The number of anilines is 3. The highest BCUT2D eigenvalue weighted by atomic mass is 19.1. The monoisotopic (exact) mass is 481 g/mol. The summed E-state index contributed by atoms with van der Waals surface area (Å²) in [5, 5.41) is 7.80. The molecule has 0 radical (unpaired) electrons. The van der Waals surface area contributed by atoms with Crippen molar-refractivity contribution in [2.45, 2.75) is 13.3 Å². The number of rotatable bonds is 5. The molecular formula is C26H20FN7O2.